The molecule has 104 valence electrons. The number of esters is 1. The molecule has 19 heavy (non-hydrogen) atoms. The van der Waals surface area contributed by atoms with E-state index in [1.807, 2.05) is 20.0 Å². The summed E-state index contributed by atoms with van der Waals surface area (Å²) >= 11 is 0. The van der Waals surface area contributed by atoms with Gasteiger partial charge >= 0.3 is 5.97 Å². The van der Waals surface area contributed by atoms with E-state index in [0.29, 0.717) is 11.7 Å². The number of carbonyl (C=O) groups excluding carboxylic acids is 1. The number of nitrogens with zero attached hydrogens (tertiary/aromatic N) is 2. The lowest BCUT2D eigenvalue weighted by Gasteiger charge is -2.21. The first kappa shape index (κ1) is 13.9. The van der Waals surface area contributed by atoms with Crippen LogP contribution in [0.1, 0.15) is 34.1 Å². The Labute approximate surface area is 114 Å². The van der Waals surface area contributed by atoms with Crippen LogP contribution in [0, 0.1) is 0 Å². The van der Waals surface area contributed by atoms with Gasteiger partial charge in [0.2, 0.25) is 5.11 Å². The Morgan fingerprint density at radius 1 is 1.58 bits per heavy atom. The lowest BCUT2D eigenvalue weighted by Crippen LogP contribution is -2.32. The second kappa shape index (κ2) is 5.21. The minimum Gasteiger partial charge on any atom is -0.459 e. The van der Waals surface area contributed by atoms with E-state index in [-0.39, 0.29) is 11.0 Å². The quantitative estimate of drug-likeness (QED) is 0.573. The van der Waals surface area contributed by atoms with Crippen LogP contribution in [0.3, 0.4) is 0 Å². The van der Waals surface area contributed by atoms with Crippen molar-refractivity contribution in [2.75, 3.05) is 6.54 Å². The number of ether oxygens (including phenoxy) is 1. The number of rotatable bonds is 3. The Hall–Kier alpha value is -1.56. The summed E-state index contributed by atoms with van der Waals surface area (Å²) in [6.07, 6.45) is 2.46. The van der Waals surface area contributed by atoms with Crippen LogP contribution in [0.25, 0.3) is 0 Å². The average Bonchev–Trinajstić information content (AvgIpc) is 2.64. The molecule has 0 amide bonds. The first-order chi connectivity index (χ1) is 8.93. The monoisotopic (exact) mass is 282 g/mol. The second-order valence-corrected chi connectivity index (χ2v) is 6.18. The van der Waals surface area contributed by atoms with E-state index in [0.717, 1.165) is 17.7 Å². The highest BCUT2D eigenvalue weighted by molar-refractivity contribution is 7.86. The molecule has 0 aromatic heterocycles. The number of aliphatic imine (C=N–C) groups is 1. The van der Waals surface area contributed by atoms with Crippen molar-refractivity contribution in [3.05, 3.63) is 11.8 Å². The molecule has 0 radical (unpaired) electrons. The molecule has 0 saturated carbocycles. The van der Waals surface area contributed by atoms with Crippen molar-refractivity contribution < 1.29 is 13.7 Å². The highest BCUT2D eigenvalue weighted by atomic mass is 32.1. The van der Waals surface area contributed by atoms with Crippen molar-refractivity contribution in [3.63, 3.8) is 0 Å². The highest BCUT2D eigenvalue weighted by Gasteiger charge is 2.29. The Morgan fingerprint density at radius 2 is 2.26 bits per heavy atom. The smallest absolute Gasteiger partial charge is 0.348 e. The maximum Gasteiger partial charge on any atom is 0.348 e. The Balaban J connectivity index is 2.40. The van der Waals surface area contributed by atoms with Crippen LogP contribution in [-0.4, -0.2) is 43.4 Å². The predicted molar refractivity (Wildman–Crippen MR) is 77.6 cm³/mol. The number of hydrogen-bond acceptors (Lipinski definition) is 5. The van der Waals surface area contributed by atoms with Gasteiger partial charge in [0.05, 0.1) is 22.6 Å². The zero-order valence-corrected chi connectivity index (χ0v) is 12.4. The molecule has 6 heteroatoms. The normalized spacial score (nSPS) is 18.6. The van der Waals surface area contributed by atoms with Gasteiger partial charge in [0.25, 0.3) is 0 Å². The fourth-order valence-corrected chi connectivity index (χ4v) is 3.19. The zero-order chi connectivity index (χ0) is 14.2. The Morgan fingerprint density at radius 3 is 2.84 bits per heavy atom. The van der Waals surface area contributed by atoms with Crippen molar-refractivity contribution in [2.24, 2.45) is 4.99 Å². The molecule has 0 N–H and O–H groups in total. The van der Waals surface area contributed by atoms with E-state index >= 15 is 0 Å². The molecule has 2 heterocycles. The summed E-state index contributed by atoms with van der Waals surface area (Å²) in [7, 11) is -1.51. The zero-order valence-electron chi connectivity index (χ0n) is 11.6. The van der Waals surface area contributed by atoms with Crippen molar-refractivity contribution in [2.45, 2.75) is 40.2 Å². The highest BCUT2D eigenvalue weighted by Crippen LogP contribution is 2.15. The molecule has 2 rings (SSSR count). The van der Waals surface area contributed by atoms with E-state index in [4.69, 9.17) is 4.74 Å². The molecule has 0 bridgehead atoms. The fraction of sp³-hybridized carbons (Fsp3) is 0.538. The van der Waals surface area contributed by atoms with Crippen molar-refractivity contribution >= 4 is 31.6 Å². The first-order valence-electron chi connectivity index (χ1n) is 6.32. The number of hydrogen-bond donors (Lipinski definition) is 0. The number of carbonyl (C=O) groups is 1. The minimum absolute atomic E-state index is 0.216. The Bertz CT molecular complexity index is 626. The largest absolute Gasteiger partial charge is 0.459 e. The Kier molecular flexibility index (Phi) is 3.80. The van der Waals surface area contributed by atoms with Crippen LogP contribution >= 0.6 is 0 Å². The molecule has 0 unspecified atom stereocenters. The topological polar surface area (TPSA) is 59.0 Å². The lowest BCUT2D eigenvalue weighted by atomic mass is 10.1. The summed E-state index contributed by atoms with van der Waals surface area (Å²) in [6.45, 7) is 7.81. The van der Waals surface area contributed by atoms with Gasteiger partial charge in [-0.05, 0) is 32.8 Å². The van der Waals surface area contributed by atoms with Crippen LogP contribution in [0.5, 0.6) is 0 Å². The van der Waals surface area contributed by atoms with Crippen LogP contribution in [0.15, 0.2) is 16.8 Å². The van der Waals surface area contributed by atoms with E-state index in [9.17, 15) is 9.00 Å². The molecule has 0 fully saturated rings. The fourth-order valence-electron chi connectivity index (χ4n) is 1.99. The van der Waals surface area contributed by atoms with E-state index in [2.05, 4.69) is 4.99 Å². The standard InChI is InChI=1S/C13H18N2O3S/c1-5-10-9(4)6-15-7-11(12(16)18-8(2)3)19(17)13(15)14-10/h6,8H,5,7H2,1-4H3. The summed E-state index contributed by atoms with van der Waals surface area (Å²) in [4.78, 5) is 18.3. The summed E-state index contributed by atoms with van der Waals surface area (Å²) < 4.78 is 17.4. The molecule has 0 spiro atoms. The van der Waals surface area contributed by atoms with Gasteiger partial charge in [-0.3, -0.25) is 0 Å². The molecule has 0 aliphatic carbocycles. The van der Waals surface area contributed by atoms with Crippen LogP contribution in [0.2, 0.25) is 0 Å². The molecule has 0 aromatic carbocycles. The maximum atomic E-state index is 12.3. The SMILES string of the molecule is CCC1=NC2=S(=O)=C(C(=O)OC(C)C)CN2C=C1C. The maximum absolute atomic E-state index is 12.3. The number of fused-ring (bicyclic) bond motifs is 1. The molecular formula is C13H18N2O3S. The van der Waals surface area contributed by atoms with Gasteiger partial charge in [0.15, 0.2) is 0 Å². The third-order valence-corrected chi connectivity index (χ3v) is 4.29. The van der Waals surface area contributed by atoms with Crippen LogP contribution < -0.4 is 0 Å². The average molecular weight is 282 g/mol. The summed E-state index contributed by atoms with van der Waals surface area (Å²) in [5.74, 6) is -0.491. The van der Waals surface area contributed by atoms with Gasteiger partial charge in [0.1, 0.15) is 4.86 Å². The predicted octanol–water partition coefficient (Wildman–Crippen LogP) is 1.03. The lowest BCUT2D eigenvalue weighted by molar-refractivity contribution is -0.138. The van der Waals surface area contributed by atoms with Crippen LogP contribution in [0.4, 0.5) is 0 Å². The first-order valence-corrected chi connectivity index (χ1v) is 7.47. The second-order valence-electron chi connectivity index (χ2n) is 4.78. The molecule has 2 aliphatic heterocycles. The minimum atomic E-state index is -1.51. The molecule has 0 atom stereocenters. The van der Waals surface area contributed by atoms with Crippen molar-refractivity contribution in [1.29, 1.82) is 0 Å². The van der Waals surface area contributed by atoms with E-state index in [1.54, 1.807) is 18.7 Å². The molecule has 2 aliphatic rings. The van der Waals surface area contributed by atoms with Crippen molar-refractivity contribution in [3.8, 4) is 0 Å². The van der Waals surface area contributed by atoms with Gasteiger partial charge in [-0.1, -0.05) is 6.92 Å². The molecule has 0 aromatic rings. The molecular weight excluding hydrogens is 264 g/mol. The third kappa shape index (κ3) is 2.58. The summed E-state index contributed by atoms with van der Waals surface area (Å²) in [5, 5.41) is 0.443. The molecule has 5 nitrogen and oxygen atoms in total. The summed E-state index contributed by atoms with van der Waals surface area (Å²) in [6, 6.07) is 0. The van der Waals surface area contributed by atoms with Crippen molar-refractivity contribution in [1.82, 2.24) is 4.90 Å². The number of allylic oxidation sites excluding steroid dienone is 1. The van der Waals surface area contributed by atoms with Gasteiger partial charge in [-0.15, -0.1) is 0 Å². The van der Waals surface area contributed by atoms with Gasteiger partial charge in [0, 0.05) is 11.9 Å². The van der Waals surface area contributed by atoms with Gasteiger partial charge in [-0.25, -0.2) is 14.0 Å². The van der Waals surface area contributed by atoms with Gasteiger partial charge < -0.3 is 9.64 Å². The van der Waals surface area contributed by atoms with E-state index < -0.39 is 15.9 Å². The third-order valence-electron chi connectivity index (χ3n) is 2.89. The van der Waals surface area contributed by atoms with Crippen LogP contribution in [-0.2, 0) is 19.5 Å². The summed E-state index contributed by atoms with van der Waals surface area (Å²) in [5.41, 5.74) is 1.96. The van der Waals surface area contributed by atoms with Gasteiger partial charge in [-0.2, -0.15) is 0 Å². The van der Waals surface area contributed by atoms with E-state index in [1.165, 1.54) is 0 Å². The molecule has 0 saturated heterocycles.